The second-order valence-corrected chi connectivity index (χ2v) is 5.14. The Hall–Kier alpha value is -1.60. The average molecular weight is 341 g/mol. The van der Waals surface area contributed by atoms with Gasteiger partial charge in [-0.1, -0.05) is 0 Å². The van der Waals surface area contributed by atoms with E-state index >= 15 is 0 Å². The molecular formula is C13H17BrN4O2. The topological polar surface area (TPSA) is 61.2 Å². The van der Waals surface area contributed by atoms with E-state index in [1.807, 2.05) is 30.8 Å². The zero-order valence-electron chi connectivity index (χ0n) is 11.7. The maximum atomic E-state index is 5.80. The zero-order chi connectivity index (χ0) is 14.5. The molecule has 0 saturated carbocycles. The van der Waals surface area contributed by atoms with Gasteiger partial charge in [0.2, 0.25) is 0 Å². The second kappa shape index (κ2) is 6.71. The molecule has 20 heavy (non-hydrogen) atoms. The lowest BCUT2D eigenvalue weighted by Gasteiger charge is -2.14. The fourth-order valence-corrected chi connectivity index (χ4v) is 2.40. The summed E-state index contributed by atoms with van der Waals surface area (Å²) < 4.78 is 13.9. The first kappa shape index (κ1) is 14.8. The van der Waals surface area contributed by atoms with Gasteiger partial charge >= 0.3 is 0 Å². The minimum atomic E-state index is 0.330. The summed E-state index contributed by atoms with van der Waals surface area (Å²) in [6.45, 7) is 1.09. The van der Waals surface area contributed by atoms with E-state index in [1.165, 1.54) is 0 Å². The van der Waals surface area contributed by atoms with Crippen LogP contribution in [0.3, 0.4) is 0 Å². The number of hydrogen-bond donors (Lipinski definition) is 1. The molecule has 0 radical (unpaired) electrons. The molecule has 0 fully saturated rings. The third kappa shape index (κ3) is 3.29. The fourth-order valence-electron chi connectivity index (χ4n) is 1.79. The van der Waals surface area contributed by atoms with Crippen LogP contribution < -0.4 is 14.8 Å². The molecule has 0 amide bonds. The first-order valence-electron chi connectivity index (χ1n) is 6.12. The summed E-state index contributed by atoms with van der Waals surface area (Å²) in [5, 5.41) is 10.9. The number of rotatable bonds is 6. The number of halogens is 1. The van der Waals surface area contributed by atoms with Crippen molar-refractivity contribution in [2.75, 3.05) is 14.2 Å². The standard InChI is InChI=1S/C13H17BrN4O2/c1-15-6-9-4-10(14)13(11(5-9)19-3)20-7-12-17-16-8-18(12)2/h4-5,8,15H,6-7H2,1-3H3. The summed E-state index contributed by atoms with van der Waals surface area (Å²) in [7, 11) is 5.40. The third-order valence-corrected chi connectivity index (χ3v) is 3.41. The molecule has 1 N–H and O–H groups in total. The summed E-state index contributed by atoms with van der Waals surface area (Å²) in [4.78, 5) is 0. The molecule has 7 heteroatoms. The summed E-state index contributed by atoms with van der Waals surface area (Å²) >= 11 is 3.52. The highest BCUT2D eigenvalue weighted by atomic mass is 79.9. The molecule has 2 rings (SSSR count). The normalized spacial score (nSPS) is 10.6. The molecule has 0 saturated heterocycles. The molecule has 1 aromatic carbocycles. The average Bonchev–Trinajstić information content (AvgIpc) is 2.83. The maximum Gasteiger partial charge on any atom is 0.176 e. The molecule has 6 nitrogen and oxygen atoms in total. The lowest BCUT2D eigenvalue weighted by Crippen LogP contribution is -2.07. The highest BCUT2D eigenvalue weighted by molar-refractivity contribution is 9.10. The van der Waals surface area contributed by atoms with E-state index in [-0.39, 0.29) is 0 Å². The Kier molecular flexibility index (Phi) is 4.97. The predicted molar refractivity (Wildman–Crippen MR) is 78.8 cm³/mol. The van der Waals surface area contributed by atoms with Crippen molar-refractivity contribution in [3.05, 3.63) is 34.3 Å². The monoisotopic (exact) mass is 340 g/mol. The molecule has 108 valence electrons. The van der Waals surface area contributed by atoms with Crippen LogP contribution in [-0.4, -0.2) is 28.9 Å². The van der Waals surface area contributed by atoms with Crippen LogP contribution in [0.1, 0.15) is 11.4 Å². The van der Waals surface area contributed by atoms with Gasteiger partial charge in [0, 0.05) is 13.6 Å². The van der Waals surface area contributed by atoms with E-state index in [4.69, 9.17) is 9.47 Å². The third-order valence-electron chi connectivity index (χ3n) is 2.82. The Labute approximate surface area is 126 Å². The number of nitrogens with one attached hydrogen (secondary N) is 1. The predicted octanol–water partition coefficient (Wildman–Crippen LogP) is 1.88. The van der Waals surface area contributed by atoms with E-state index in [0.29, 0.717) is 18.1 Å². The Morgan fingerprint density at radius 1 is 1.40 bits per heavy atom. The van der Waals surface area contributed by atoms with Gasteiger partial charge in [-0.25, -0.2) is 0 Å². The van der Waals surface area contributed by atoms with Gasteiger partial charge < -0.3 is 19.4 Å². The minimum absolute atomic E-state index is 0.330. The molecule has 0 bridgehead atoms. The first-order chi connectivity index (χ1) is 9.65. The molecule has 0 aliphatic carbocycles. The molecule has 1 heterocycles. The molecule has 0 atom stereocenters. The van der Waals surface area contributed by atoms with Crippen molar-refractivity contribution in [1.82, 2.24) is 20.1 Å². The van der Waals surface area contributed by atoms with E-state index in [0.717, 1.165) is 22.4 Å². The Bertz CT molecular complexity index is 586. The van der Waals surface area contributed by atoms with Crippen LogP contribution in [0.4, 0.5) is 0 Å². The van der Waals surface area contributed by atoms with Crippen molar-refractivity contribution in [3.8, 4) is 11.5 Å². The Morgan fingerprint density at radius 2 is 2.20 bits per heavy atom. The lowest BCUT2D eigenvalue weighted by molar-refractivity contribution is 0.270. The van der Waals surface area contributed by atoms with E-state index in [9.17, 15) is 0 Å². The maximum absolute atomic E-state index is 5.80. The van der Waals surface area contributed by atoms with E-state index in [1.54, 1.807) is 13.4 Å². The van der Waals surface area contributed by atoms with Gasteiger partial charge in [0.15, 0.2) is 17.3 Å². The van der Waals surface area contributed by atoms with Crippen molar-refractivity contribution < 1.29 is 9.47 Å². The highest BCUT2D eigenvalue weighted by Crippen LogP contribution is 2.37. The van der Waals surface area contributed by atoms with Crippen LogP contribution in [0, 0.1) is 0 Å². The van der Waals surface area contributed by atoms with Gasteiger partial charge in [0.1, 0.15) is 12.9 Å². The van der Waals surface area contributed by atoms with Crippen LogP contribution in [0.15, 0.2) is 22.9 Å². The van der Waals surface area contributed by atoms with Gasteiger partial charge in [-0.15, -0.1) is 10.2 Å². The van der Waals surface area contributed by atoms with Crippen LogP contribution >= 0.6 is 15.9 Å². The summed E-state index contributed by atoms with van der Waals surface area (Å²) in [5.74, 6) is 2.10. The highest BCUT2D eigenvalue weighted by Gasteiger charge is 2.13. The van der Waals surface area contributed by atoms with Crippen LogP contribution in [-0.2, 0) is 20.2 Å². The van der Waals surface area contributed by atoms with Gasteiger partial charge in [0.05, 0.1) is 11.6 Å². The van der Waals surface area contributed by atoms with Crippen molar-refractivity contribution in [1.29, 1.82) is 0 Å². The van der Waals surface area contributed by atoms with Crippen LogP contribution in [0.25, 0.3) is 0 Å². The van der Waals surface area contributed by atoms with Gasteiger partial charge in [-0.05, 0) is 40.7 Å². The Balaban J connectivity index is 2.20. The number of aryl methyl sites for hydroxylation is 1. The second-order valence-electron chi connectivity index (χ2n) is 4.29. The number of ether oxygens (including phenoxy) is 2. The quantitative estimate of drug-likeness (QED) is 0.869. The molecule has 0 spiro atoms. The molecule has 2 aromatic rings. The molecular weight excluding hydrogens is 324 g/mol. The van der Waals surface area contributed by atoms with E-state index < -0.39 is 0 Å². The largest absolute Gasteiger partial charge is 0.493 e. The first-order valence-corrected chi connectivity index (χ1v) is 6.91. The number of nitrogens with zero attached hydrogens (tertiary/aromatic N) is 3. The van der Waals surface area contributed by atoms with Crippen molar-refractivity contribution in [2.45, 2.75) is 13.2 Å². The van der Waals surface area contributed by atoms with Gasteiger partial charge in [-0.3, -0.25) is 0 Å². The molecule has 1 aromatic heterocycles. The van der Waals surface area contributed by atoms with Crippen LogP contribution in [0.2, 0.25) is 0 Å². The number of methoxy groups -OCH3 is 1. The fraction of sp³-hybridized carbons (Fsp3) is 0.385. The van der Waals surface area contributed by atoms with Gasteiger partial charge in [-0.2, -0.15) is 0 Å². The lowest BCUT2D eigenvalue weighted by atomic mass is 10.2. The molecule has 0 aliphatic heterocycles. The zero-order valence-corrected chi connectivity index (χ0v) is 13.3. The number of benzene rings is 1. The molecule has 0 unspecified atom stereocenters. The summed E-state index contributed by atoms with van der Waals surface area (Å²) in [6.07, 6.45) is 1.64. The molecule has 0 aliphatic rings. The van der Waals surface area contributed by atoms with Crippen molar-refractivity contribution in [2.24, 2.45) is 7.05 Å². The van der Waals surface area contributed by atoms with Crippen LogP contribution in [0.5, 0.6) is 11.5 Å². The van der Waals surface area contributed by atoms with Crippen molar-refractivity contribution >= 4 is 15.9 Å². The Morgan fingerprint density at radius 3 is 2.80 bits per heavy atom. The van der Waals surface area contributed by atoms with E-state index in [2.05, 4.69) is 31.4 Å². The van der Waals surface area contributed by atoms with Crippen molar-refractivity contribution in [3.63, 3.8) is 0 Å². The number of hydrogen-bond acceptors (Lipinski definition) is 5. The summed E-state index contributed by atoms with van der Waals surface area (Å²) in [6, 6.07) is 3.96. The smallest absolute Gasteiger partial charge is 0.176 e. The SMILES string of the molecule is CNCc1cc(Br)c(OCc2nncn2C)c(OC)c1. The minimum Gasteiger partial charge on any atom is -0.493 e. The van der Waals surface area contributed by atoms with Gasteiger partial charge in [0.25, 0.3) is 0 Å². The summed E-state index contributed by atoms with van der Waals surface area (Å²) in [5.41, 5.74) is 1.11. The number of aromatic nitrogens is 3.